The number of hydrogen-bond acceptors (Lipinski definition) is 6. The third-order valence-electron chi connectivity index (χ3n) is 6.00. The zero-order valence-corrected chi connectivity index (χ0v) is 20.1. The average Bonchev–Trinajstić information content (AvgIpc) is 3.72. The number of rotatable bonds is 14. The zero-order valence-electron chi connectivity index (χ0n) is 20.1. The first-order chi connectivity index (χ1) is 15.9. The molecule has 2 saturated heterocycles. The van der Waals surface area contributed by atoms with Crippen LogP contribution in [0.4, 0.5) is 0 Å². The van der Waals surface area contributed by atoms with Gasteiger partial charge in [0.25, 0.3) is 0 Å². The minimum atomic E-state index is -0.142. The molecule has 180 valence electrons. The van der Waals surface area contributed by atoms with Gasteiger partial charge in [-0.2, -0.15) is 0 Å². The lowest BCUT2D eigenvalue weighted by atomic mass is 9.78. The highest BCUT2D eigenvalue weighted by Gasteiger charge is 2.25. The van der Waals surface area contributed by atoms with E-state index in [9.17, 15) is 0 Å². The lowest BCUT2D eigenvalue weighted by molar-refractivity contribution is 0.0241. The summed E-state index contributed by atoms with van der Waals surface area (Å²) >= 11 is 0. The van der Waals surface area contributed by atoms with Crippen LogP contribution < -0.4 is 9.47 Å². The monoisotopic (exact) mass is 456 g/mol. The van der Waals surface area contributed by atoms with E-state index in [1.165, 1.54) is 11.1 Å². The molecule has 2 aromatic carbocycles. The Labute approximate surface area is 197 Å². The molecule has 0 spiro atoms. The predicted molar refractivity (Wildman–Crippen MR) is 126 cm³/mol. The fourth-order valence-corrected chi connectivity index (χ4v) is 3.58. The molecule has 4 rings (SSSR count). The molecule has 4 atom stereocenters. The van der Waals surface area contributed by atoms with Gasteiger partial charge in [-0.25, -0.2) is 0 Å². The maximum Gasteiger partial charge on any atom is 0.119 e. The molecule has 2 aliphatic heterocycles. The molecule has 6 heteroatoms. The van der Waals surface area contributed by atoms with Crippen molar-refractivity contribution in [2.75, 3.05) is 39.6 Å². The lowest BCUT2D eigenvalue weighted by Gasteiger charge is -2.27. The van der Waals surface area contributed by atoms with E-state index in [1.807, 2.05) is 38.1 Å². The SMILES string of the molecule is CC(COc1ccc(C(C)(C)c2ccc(OC(C)COCC3CO3)cc2)cc1)OCC1CO1. The molecule has 0 saturated carbocycles. The van der Waals surface area contributed by atoms with E-state index in [0.717, 1.165) is 24.7 Å². The van der Waals surface area contributed by atoms with Crippen molar-refractivity contribution in [2.45, 2.75) is 57.5 Å². The molecular weight excluding hydrogens is 420 g/mol. The molecule has 2 fully saturated rings. The van der Waals surface area contributed by atoms with Gasteiger partial charge in [-0.3, -0.25) is 0 Å². The molecule has 0 aromatic heterocycles. The van der Waals surface area contributed by atoms with Gasteiger partial charge in [-0.1, -0.05) is 38.1 Å². The number of ether oxygens (including phenoxy) is 6. The largest absolute Gasteiger partial charge is 0.491 e. The smallest absolute Gasteiger partial charge is 0.119 e. The van der Waals surface area contributed by atoms with Crippen LogP contribution in [0.5, 0.6) is 11.5 Å². The number of hydrogen-bond donors (Lipinski definition) is 0. The molecule has 0 bridgehead atoms. The molecule has 2 heterocycles. The van der Waals surface area contributed by atoms with E-state index in [1.54, 1.807) is 0 Å². The Bertz CT molecular complexity index is 855. The van der Waals surface area contributed by atoms with Crippen molar-refractivity contribution in [2.24, 2.45) is 0 Å². The summed E-state index contributed by atoms with van der Waals surface area (Å²) in [6, 6.07) is 16.6. The minimum Gasteiger partial charge on any atom is -0.491 e. The molecule has 0 amide bonds. The fourth-order valence-electron chi connectivity index (χ4n) is 3.58. The van der Waals surface area contributed by atoms with Gasteiger partial charge in [0.1, 0.15) is 36.4 Å². The maximum atomic E-state index is 5.99. The van der Waals surface area contributed by atoms with Gasteiger partial charge in [-0.15, -0.1) is 0 Å². The van der Waals surface area contributed by atoms with Gasteiger partial charge in [0.05, 0.1) is 39.1 Å². The molecule has 2 aromatic rings. The van der Waals surface area contributed by atoms with Crippen LogP contribution in [0.15, 0.2) is 48.5 Å². The topological polar surface area (TPSA) is 62.0 Å². The Balaban J connectivity index is 1.26. The van der Waals surface area contributed by atoms with Crippen LogP contribution in [-0.2, 0) is 24.4 Å². The van der Waals surface area contributed by atoms with E-state index in [2.05, 4.69) is 38.1 Å². The van der Waals surface area contributed by atoms with E-state index in [0.29, 0.717) is 26.4 Å². The van der Waals surface area contributed by atoms with E-state index >= 15 is 0 Å². The third kappa shape index (κ3) is 7.44. The Morgan fingerprint density at radius 1 is 0.788 bits per heavy atom. The first-order valence-electron chi connectivity index (χ1n) is 11.8. The van der Waals surface area contributed by atoms with Gasteiger partial charge in [0, 0.05) is 5.41 Å². The van der Waals surface area contributed by atoms with Gasteiger partial charge in [0.2, 0.25) is 0 Å². The van der Waals surface area contributed by atoms with Crippen molar-refractivity contribution in [1.82, 2.24) is 0 Å². The second-order valence-corrected chi connectivity index (χ2v) is 9.51. The summed E-state index contributed by atoms with van der Waals surface area (Å²) in [6.45, 7) is 12.5. The number of epoxide rings is 2. The second-order valence-electron chi connectivity index (χ2n) is 9.51. The van der Waals surface area contributed by atoms with Gasteiger partial charge in [-0.05, 0) is 49.2 Å². The van der Waals surface area contributed by atoms with Crippen LogP contribution in [0.3, 0.4) is 0 Å². The van der Waals surface area contributed by atoms with E-state index < -0.39 is 0 Å². The zero-order chi connectivity index (χ0) is 23.3. The Morgan fingerprint density at radius 2 is 1.33 bits per heavy atom. The van der Waals surface area contributed by atoms with Crippen molar-refractivity contribution in [3.05, 3.63) is 59.7 Å². The molecule has 0 aliphatic carbocycles. The van der Waals surface area contributed by atoms with Crippen molar-refractivity contribution in [3.63, 3.8) is 0 Å². The van der Waals surface area contributed by atoms with E-state index in [-0.39, 0.29) is 29.8 Å². The predicted octanol–water partition coefficient (Wildman–Crippen LogP) is 4.38. The molecule has 0 N–H and O–H groups in total. The van der Waals surface area contributed by atoms with Crippen LogP contribution in [0.25, 0.3) is 0 Å². The van der Waals surface area contributed by atoms with Crippen molar-refractivity contribution in [1.29, 1.82) is 0 Å². The van der Waals surface area contributed by atoms with E-state index in [4.69, 9.17) is 28.4 Å². The molecule has 4 unspecified atom stereocenters. The average molecular weight is 457 g/mol. The minimum absolute atomic E-state index is 0.00897. The summed E-state index contributed by atoms with van der Waals surface area (Å²) in [5.74, 6) is 1.70. The summed E-state index contributed by atoms with van der Waals surface area (Å²) in [4.78, 5) is 0. The van der Waals surface area contributed by atoms with Crippen LogP contribution in [0.2, 0.25) is 0 Å². The van der Waals surface area contributed by atoms with Gasteiger partial charge < -0.3 is 28.4 Å². The van der Waals surface area contributed by atoms with Gasteiger partial charge >= 0.3 is 0 Å². The van der Waals surface area contributed by atoms with Crippen LogP contribution >= 0.6 is 0 Å². The van der Waals surface area contributed by atoms with Crippen molar-refractivity contribution in [3.8, 4) is 11.5 Å². The van der Waals surface area contributed by atoms with Crippen LogP contribution in [-0.4, -0.2) is 64.1 Å². The Kier molecular flexibility index (Phi) is 7.91. The first-order valence-corrected chi connectivity index (χ1v) is 11.8. The summed E-state index contributed by atoms with van der Waals surface area (Å²) in [7, 11) is 0. The lowest BCUT2D eigenvalue weighted by Crippen LogP contribution is -2.21. The maximum absolute atomic E-state index is 5.99. The fraction of sp³-hybridized carbons (Fsp3) is 0.556. The van der Waals surface area contributed by atoms with Crippen molar-refractivity contribution < 1.29 is 28.4 Å². The quantitative estimate of drug-likeness (QED) is 0.393. The highest BCUT2D eigenvalue weighted by molar-refractivity contribution is 5.41. The summed E-state index contributed by atoms with van der Waals surface area (Å²) in [5, 5.41) is 0. The highest BCUT2D eigenvalue weighted by Crippen LogP contribution is 2.33. The Hall–Kier alpha value is -2.12. The summed E-state index contributed by atoms with van der Waals surface area (Å²) < 4.78 is 33.5. The van der Waals surface area contributed by atoms with Gasteiger partial charge in [0.15, 0.2) is 0 Å². The Morgan fingerprint density at radius 3 is 1.91 bits per heavy atom. The summed E-state index contributed by atoms with van der Waals surface area (Å²) in [5.41, 5.74) is 2.31. The second kappa shape index (κ2) is 10.9. The molecule has 33 heavy (non-hydrogen) atoms. The molecule has 6 nitrogen and oxygen atoms in total. The normalized spacial score (nSPS) is 21.3. The molecular formula is C27H36O6. The molecule has 0 radical (unpaired) electrons. The highest BCUT2D eigenvalue weighted by atomic mass is 16.6. The summed E-state index contributed by atoms with van der Waals surface area (Å²) in [6.07, 6.45) is 0.585. The van der Waals surface area contributed by atoms with Crippen molar-refractivity contribution >= 4 is 0 Å². The standard InChI is InChI=1S/C27H36O6/c1-19(29-16-26-18-32-26)14-30-23-9-5-21(6-10-23)27(3,4)22-7-11-24(12-8-22)33-20(2)13-28-15-25-17-31-25/h5-12,19-20,25-26H,13-18H2,1-4H3. The first kappa shape index (κ1) is 24.0. The van der Waals surface area contributed by atoms with Crippen LogP contribution in [0.1, 0.15) is 38.8 Å². The molecule has 2 aliphatic rings. The van der Waals surface area contributed by atoms with Crippen LogP contribution in [0, 0.1) is 0 Å². The third-order valence-corrected chi connectivity index (χ3v) is 6.00. The number of benzene rings is 2.